The maximum absolute atomic E-state index is 12.7. The van der Waals surface area contributed by atoms with Crippen molar-refractivity contribution in [3.63, 3.8) is 0 Å². The monoisotopic (exact) mass is 290 g/mol. The summed E-state index contributed by atoms with van der Waals surface area (Å²) in [4.78, 5) is 26.9. The number of methoxy groups -OCH3 is 1. The van der Waals surface area contributed by atoms with Crippen molar-refractivity contribution >= 4 is 12.3 Å². The normalized spacial score (nSPS) is 15.2. The second-order valence-electron chi connectivity index (χ2n) is 5.55. The lowest BCUT2D eigenvalue weighted by atomic mass is 9.99. The van der Waals surface area contributed by atoms with E-state index in [0.717, 1.165) is 12.0 Å². The molecule has 5 heteroatoms. The largest absolute Gasteiger partial charge is 0.496 e. The molecular formula is C16H22N2O3. The number of carbonyl (C=O) groups is 2. The number of amides is 2. The minimum Gasteiger partial charge on any atom is -0.496 e. The van der Waals surface area contributed by atoms with Crippen LogP contribution in [0.25, 0.3) is 0 Å². The Hall–Kier alpha value is -2.04. The summed E-state index contributed by atoms with van der Waals surface area (Å²) in [6.07, 6.45) is 0.835. The van der Waals surface area contributed by atoms with Crippen LogP contribution in [0.1, 0.15) is 35.7 Å². The zero-order valence-electron chi connectivity index (χ0n) is 12.8. The van der Waals surface area contributed by atoms with Gasteiger partial charge in [0.15, 0.2) is 0 Å². The van der Waals surface area contributed by atoms with Gasteiger partial charge in [0.05, 0.1) is 12.7 Å². The fourth-order valence-corrected chi connectivity index (χ4v) is 2.45. The van der Waals surface area contributed by atoms with Crippen LogP contribution in [0.2, 0.25) is 0 Å². The summed E-state index contributed by atoms with van der Waals surface area (Å²) in [6.45, 7) is 6.49. The second-order valence-corrected chi connectivity index (χ2v) is 5.55. The van der Waals surface area contributed by atoms with Crippen molar-refractivity contribution in [2.24, 2.45) is 0 Å². The summed E-state index contributed by atoms with van der Waals surface area (Å²) in [5, 5.41) is 0. The van der Waals surface area contributed by atoms with Crippen molar-refractivity contribution in [3.8, 4) is 5.75 Å². The second kappa shape index (κ2) is 6.61. The fraction of sp³-hybridized carbons (Fsp3) is 0.500. The van der Waals surface area contributed by atoms with Crippen LogP contribution in [0.3, 0.4) is 0 Å². The van der Waals surface area contributed by atoms with Crippen LogP contribution in [0.5, 0.6) is 5.75 Å². The first kappa shape index (κ1) is 15.4. The standard InChI is InChI=1S/C16H22N2O3/c1-12(2)13-4-5-15(21-3)14(10-13)16(20)18-8-6-17(11-19)7-9-18/h4-5,10-12H,6-9H2,1-3H3. The lowest BCUT2D eigenvalue weighted by Crippen LogP contribution is -2.48. The van der Waals surface area contributed by atoms with Gasteiger partial charge in [-0.05, 0) is 23.6 Å². The van der Waals surface area contributed by atoms with E-state index in [1.807, 2.05) is 18.2 Å². The van der Waals surface area contributed by atoms with Gasteiger partial charge >= 0.3 is 0 Å². The number of carbonyl (C=O) groups excluding carboxylic acids is 2. The van der Waals surface area contributed by atoms with E-state index in [4.69, 9.17) is 4.74 Å². The summed E-state index contributed by atoms with van der Waals surface area (Å²) < 4.78 is 5.32. The molecule has 21 heavy (non-hydrogen) atoms. The van der Waals surface area contributed by atoms with Crippen molar-refractivity contribution in [1.29, 1.82) is 0 Å². The first-order chi connectivity index (χ1) is 10.1. The highest BCUT2D eigenvalue weighted by molar-refractivity contribution is 5.97. The van der Waals surface area contributed by atoms with E-state index >= 15 is 0 Å². The lowest BCUT2D eigenvalue weighted by molar-refractivity contribution is -0.119. The first-order valence-corrected chi connectivity index (χ1v) is 7.23. The molecule has 2 rings (SSSR count). The molecule has 2 amide bonds. The summed E-state index contributed by atoms with van der Waals surface area (Å²) in [5.74, 6) is 0.927. The Kier molecular flexibility index (Phi) is 4.83. The number of ether oxygens (including phenoxy) is 1. The van der Waals surface area contributed by atoms with Crippen molar-refractivity contribution < 1.29 is 14.3 Å². The third kappa shape index (κ3) is 3.35. The van der Waals surface area contributed by atoms with Gasteiger partial charge in [0, 0.05) is 26.2 Å². The first-order valence-electron chi connectivity index (χ1n) is 7.23. The molecule has 1 aliphatic heterocycles. The van der Waals surface area contributed by atoms with E-state index < -0.39 is 0 Å². The minimum atomic E-state index is -0.0279. The Morgan fingerprint density at radius 3 is 2.43 bits per heavy atom. The number of hydrogen-bond acceptors (Lipinski definition) is 3. The summed E-state index contributed by atoms with van der Waals surface area (Å²) >= 11 is 0. The predicted molar refractivity (Wildman–Crippen MR) is 80.6 cm³/mol. The summed E-state index contributed by atoms with van der Waals surface area (Å²) in [7, 11) is 1.57. The molecular weight excluding hydrogens is 268 g/mol. The van der Waals surface area contributed by atoms with Gasteiger partial charge in [0.2, 0.25) is 6.41 Å². The smallest absolute Gasteiger partial charge is 0.257 e. The van der Waals surface area contributed by atoms with Gasteiger partial charge in [0.25, 0.3) is 5.91 Å². The van der Waals surface area contributed by atoms with E-state index in [1.54, 1.807) is 16.9 Å². The number of benzene rings is 1. The quantitative estimate of drug-likeness (QED) is 0.794. The molecule has 1 heterocycles. The van der Waals surface area contributed by atoms with Crippen LogP contribution in [0.15, 0.2) is 18.2 Å². The molecule has 1 saturated heterocycles. The third-order valence-corrected chi connectivity index (χ3v) is 3.87. The molecule has 114 valence electrons. The van der Waals surface area contributed by atoms with Crippen LogP contribution in [0, 0.1) is 0 Å². The topological polar surface area (TPSA) is 49.9 Å². The maximum atomic E-state index is 12.7. The average Bonchev–Trinajstić information content (AvgIpc) is 2.53. The highest BCUT2D eigenvalue weighted by atomic mass is 16.5. The van der Waals surface area contributed by atoms with Gasteiger partial charge in [-0.1, -0.05) is 19.9 Å². The van der Waals surface area contributed by atoms with E-state index in [2.05, 4.69) is 13.8 Å². The van der Waals surface area contributed by atoms with Gasteiger partial charge in [-0.15, -0.1) is 0 Å². The molecule has 0 bridgehead atoms. The van der Waals surface area contributed by atoms with Crippen LogP contribution in [-0.2, 0) is 4.79 Å². The van der Waals surface area contributed by atoms with Gasteiger partial charge in [-0.25, -0.2) is 0 Å². The molecule has 1 aromatic rings. The van der Waals surface area contributed by atoms with Crippen LogP contribution in [-0.4, -0.2) is 55.4 Å². The number of hydrogen-bond donors (Lipinski definition) is 0. The van der Waals surface area contributed by atoms with Crippen LogP contribution in [0.4, 0.5) is 0 Å². The molecule has 0 saturated carbocycles. The van der Waals surface area contributed by atoms with Gasteiger partial charge in [0.1, 0.15) is 5.75 Å². The Morgan fingerprint density at radius 2 is 1.90 bits per heavy atom. The predicted octanol–water partition coefficient (Wildman–Crippen LogP) is 1.73. The minimum absolute atomic E-state index is 0.0279. The van der Waals surface area contributed by atoms with Gasteiger partial charge < -0.3 is 14.5 Å². The van der Waals surface area contributed by atoms with Crippen molar-refractivity contribution in [2.75, 3.05) is 33.3 Å². The van der Waals surface area contributed by atoms with Crippen molar-refractivity contribution in [3.05, 3.63) is 29.3 Å². The molecule has 0 radical (unpaired) electrons. The Bertz CT molecular complexity index is 520. The van der Waals surface area contributed by atoms with Gasteiger partial charge in [-0.3, -0.25) is 9.59 Å². The Morgan fingerprint density at radius 1 is 1.24 bits per heavy atom. The third-order valence-electron chi connectivity index (χ3n) is 3.87. The molecule has 0 atom stereocenters. The molecule has 0 unspecified atom stereocenters. The number of rotatable bonds is 4. The number of nitrogens with zero attached hydrogens (tertiary/aromatic N) is 2. The van der Waals surface area contributed by atoms with E-state index in [0.29, 0.717) is 43.4 Å². The van der Waals surface area contributed by atoms with Crippen molar-refractivity contribution in [2.45, 2.75) is 19.8 Å². The molecule has 1 aromatic carbocycles. The van der Waals surface area contributed by atoms with Gasteiger partial charge in [-0.2, -0.15) is 0 Å². The zero-order valence-corrected chi connectivity index (χ0v) is 12.8. The summed E-state index contributed by atoms with van der Waals surface area (Å²) in [5.41, 5.74) is 1.72. The lowest BCUT2D eigenvalue weighted by Gasteiger charge is -2.33. The molecule has 0 aromatic heterocycles. The Balaban J connectivity index is 2.21. The van der Waals surface area contributed by atoms with Crippen molar-refractivity contribution in [1.82, 2.24) is 9.80 Å². The molecule has 5 nitrogen and oxygen atoms in total. The maximum Gasteiger partial charge on any atom is 0.257 e. The zero-order chi connectivity index (χ0) is 15.4. The van der Waals surface area contributed by atoms with E-state index in [-0.39, 0.29) is 5.91 Å². The van der Waals surface area contributed by atoms with E-state index in [9.17, 15) is 9.59 Å². The van der Waals surface area contributed by atoms with Crippen LogP contribution >= 0.6 is 0 Å². The summed E-state index contributed by atoms with van der Waals surface area (Å²) in [6, 6.07) is 5.76. The molecule has 0 N–H and O–H groups in total. The molecule has 0 aliphatic carbocycles. The molecule has 1 aliphatic rings. The Labute approximate surface area is 125 Å². The molecule has 0 spiro atoms. The molecule has 1 fully saturated rings. The number of piperazine rings is 1. The highest BCUT2D eigenvalue weighted by Crippen LogP contribution is 2.25. The van der Waals surface area contributed by atoms with E-state index in [1.165, 1.54) is 0 Å². The average molecular weight is 290 g/mol. The van der Waals surface area contributed by atoms with Crippen LogP contribution < -0.4 is 4.74 Å². The fourth-order valence-electron chi connectivity index (χ4n) is 2.45. The SMILES string of the molecule is COc1ccc(C(C)C)cc1C(=O)N1CCN(C=O)CC1. The highest BCUT2D eigenvalue weighted by Gasteiger charge is 2.24.